The van der Waals surface area contributed by atoms with Crippen LogP contribution >= 0.6 is 0 Å². The van der Waals surface area contributed by atoms with Crippen molar-refractivity contribution < 1.29 is 4.74 Å². The molecule has 1 aromatic carbocycles. The van der Waals surface area contributed by atoms with Gasteiger partial charge in [-0.25, -0.2) is 9.97 Å². The van der Waals surface area contributed by atoms with E-state index in [9.17, 15) is 0 Å². The van der Waals surface area contributed by atoms with Crippen LogP contribution in [-0.4, -0.2) is 34.3 Å². The van der Waals surface area contributed by atoms with Crippen LogP contribution in [-0.2, 0) is 6.54 Å². The maximum absolute atomic E-state index is 7.89. The predicted molar refractivity (Wildman–Crippen MR) is 110 cm³/mol. The molecule has 0 aliphatic heterocycles. The fourth-order valence-corrected chi connectivity index (χ4v) is 2.85. The van der Waals surface area contributed by atoms with Crippen LogP contribution in [0.3, 0.4) is 0 Å². The Labute approximate surface area is 163 Å². The van der Waals surface area contributed by atoms with Crippen molar-refractivity contribution in [2.45, 2.75) is 25.4 Å². The van der Waals surface area contributed by atoms with Crippen LogP contribution in [0.25, 0.3) is 11.4 Å². The minimum absolute atomic E-state index is 0.415. The molecule has 28 heavy (non-hydrogen) atoms. The van der Waals surface area contributed by atoms with Gasteiger partial charge in [-0.15, -0.1) is 0 Å². The summed E-state index contributed by atoms with van der Waals surface area (Å²) < 4.78 is 5.33. The number of hydrogen-bond donors (Lipinski definition) is 3. The second kappa shape index (κ2) is 8.04. The zero-order chi connectivity index (χ0) is 19.3. The average molecular weight is 374 g/mol. The quantitative estimate of drug-likeness (QED) is 0.520. The third-order valence-electron chi connectivity index (χ3n) is 4.52. The SMILES string of the molecule is COc1cccc(-c2nc(NCc3cccnc3)c(C=N)c(NC3CC3)n2)c1. The minimum atomic E-state index is 0.415. The molecule has 3 N–H and O–H groups in total. The van der Waals surface area contributed by atoms with E-state index in [4.69, 9.17) is 20.1 Å². The summed E-state index contributed by atoms with van der Waals surface area (Å²) in [6.45, 7) is 0.562. The lowest BCUT2D eigenvalue weighted by atomic mass is 10.2. The molecule has 0 amide bonds. The van der Waals surface area contributed by atoms with E-state index >= 15 is 0 Å². The Kier molecular flexibility index (Phi) is 5.14. The standard InChI is InChI=1S/C21H22N6O/c1-28-17-6-2-5-15(10-17)19-26-20(24-13-14-4-3-9-23-12-14)18(11-22)21(27-19)25-16-7-8-16/h2-6,9-12,16,22H,7-8,13H2,1H3,(H2,24,25,26,27). The van der Waals surface area contributed by atoms with Crippen LogP contribution in [0.1, 0.15) is 24.0 Å². The van der Waals surface area contributed by atoms with Crippen molar-refractivity contribution in [3.63, 3.8) is 0 Å². The number of anilines is 2. The van der Waals surface area contributed by atoms with E-state index in [2.05, 4.69) is 15.6 Å². The first kappa shape index (κ1) is 17.9. The largest absolute Gasteiger partial charge is 0.497 e. The van der Waals surface area contributed by atoms with Crippen molar-refractivity contribution in [1.82, 2.24) is 15.0 Å². The van der Waals surface area contributed by atoms with Gasteiger partial charge >= 0.3 is 0 Å². The van der Waals surface area contributed by atoms with Crippen molar-refractivity contribution in [3.8, 4) is 17.1 Å². The number of hydrogen-bond acceptors (Lipinski definition) is 7. The number of rotatable bonds is 8. The van der Waals surface area contributed by atoms with Gasteiger partial charge in [-0.05, 0) is 36.6 Å². The Morgan fingerprint density at radius 1 is 1.18 bits per heavy atom. The monoisotopic (exact) mass is 374 g/mol. The highest BCUT2D eigenvalue weighted by molar-refractivity contribution is 5.91. The normalized spacial score (nSPS) is 13.0. The zero-order valence-corrected chi connectivity index (χ0v) is 15.6. The van der Waals surface area contributed by atoms with Crippen molar-refractivity contribution in [2.24, 2.45) is 0 Å². The number of ether oxygens (including phenoxy) is 1. The number of aromatic nitrogens is 3. The van der Waals surface area contributed by atoms with Crippen molar-refractivity contribution >= 4 is 17.9 Å². The molecule has 1 aliphatic rings. The summed E-state index contributed by atoms with van der Waals surface area (Å²) in [6, 6.07) is 12.0. The van der Waals surface area contributed by atoms with E-state index in [-0.39, 0.29) is 0 Å². The molecule has 0 bridgehead atoms. The van der Waals surface area contributed by atoms with Crippen LogP contribution in [0.15, 0.2) is 48.8 Å². The number of benzene rings is 1. The van der Waals surface area contributed by atoms with Crippen LogP contribution in [0.5, 0.6) is 5.75 Å². The summed E-state index contributed by atoms with van der Waals surface area (Å²) in [5, 5.41) is 14.7. The van der Waals surface area contributed by atoms with E-state index in [1.165, 1.54) is 6.21 Å². The maximum atomic E-state index is 7.89. The molecule has 7 heteroatoms. The van der Waals surface area contributed by atoms with E-state index in [0.29, 0.717) is 35.6 Å². The van der Waals surface area contributed by atoms with Gasteiger partial charge < -0.3 is 20.8 Å². The van der Waals surface area contributed by atoms with Gasteiger partial charge in [0.1, 0.15) is 17.4 Å². The molecule has 1 aliphatic carbocycles. The lowest BCUT2D eigenvalue weighted by Gasteiger charge is -2.15. The van der Waals surface area contributed by atoms with Gasteiger partial charge in [-0.3, -0.25) is 4.98 Å². The number of nitrogens with zero attached hydrogens (tertiary/aromatic N) is 3. The summed E-state index contributed by atoms with van der Waals surface area (Å²) in [5.74, 6) is 2.63. The van der Waals surface area contributed by atoms with Gasteiger partial charge in [-0.2, -0.15) is 0 Å². The highest BCUT2D eigenvalue weighted by atomic mass is 16.5. The Bertz CT molecular complexity index is 972. The van der Waals surface area contributed by atoms with Gasteiger partial charge in [0.2, 0.25) is 0 Å². The van der Waals surface area contributed by atoms with Gasteiger partial charge in [0.15, 0.2) is 5.82 Å². The molecule has 2 heterocycles. The molecule has 1 saturated carbocycles. The van der Waals surface area contributed by atoms with Gasteiger partial charge in [0, 0.05) is 36.8 Å². The fourth-order valence-electron chi connectivity index (χ4n) is 2.85. The molecular formula is C21H22N6O. The lowest BCUT2D eigenvalue weighted by Crippen LogP contribution is -2.12. The van der Waals surface area contributed by atoms with E-state index in [0.717, 1.165) is 29.7 Å². The third-order valence-corrected chi connectivity index (χ3v) is 4.52. The Morgan fingerprint density at radius 3 is 2.75 bits per heavy atom. The summed E-state index contributed by atoms with van der Waals surface area (Å²) >= 11 is 0. The summed E-state index contributed by atoms with van der Waals surface area (Å²) in [6.07, 6.45) is 7.09. The second-order valence-corrected chi connectivity index (χ2v) is 6.67. The first-order chi connectivity index (χ1) is 13.8. The van der Waals surface area contributed by atoms with Crippen molar-refractivity contribution in [2.75, 3.05) is 17.7 Å². The molecule has 0 spiro atoms. The number of pyridine rings is 1. The average Bonchev–Trinajstić information content (AvgIpc) is 3.56. The van der Waals surface area contributed by atoms with Crippen LogP contribution < -0.4 is 15.4 Å². The molecule has 4 rings (SSSR count). The summed E-state index contributed by atoms with van der Waals surface area (Å²) in [4.78, 5) is 13.6. The van der Waals surface area contributed by atoms with Crippen LogP contribution in [0.4, 0.5) is 11.6 Å². The fraction of sp³-hybridized carbons (Fsp3) is 0.238. The summed E-state index contributed by atoms with van der Waals surface area (Å²) in [7, 11) is 1.64. The smallest absolute Gasteiger partial charge is 0.164 e. The molecule has 0 atom stereocenters. The van der Waals surface area contributed by atoms with Crippen LogP contribution in [0, 0.1) is 5.41 Å². The van der Waals surface area contributed by atoms with E-state index in [1.54, 1.807) is 13.3 Å². The first-order valence-corrected chi connectivity index (χ1v) is 9.23. The van der Waals surface area contributed by atoms with Gasteiger partial charge in [-0.1, -0.05) is 18.2 Å². The molecule has 0 unspecified atom stereocenters. The Hall–Kier alpha value is -3.48. The molecule has 142 valence electrons. The Balaban J connectivity index is 1.72. The van der Waals surface area contributed by atoms with E-state index < -0.39 is 0 Å². The van der Waals surface area contributed by atoms with E-state index in [1.807, 2.05) is 42.6 Å². The number of methoxy groups -OCH3 is 1. The molecule has 2 aromatic heterocycles. The first-order valence-electron chi connectivity index (χ1n) is 9.23. The molecule has 7 nitrogen and oxygen atoms in total. The maximum Gasteiger partial charge on any atom is 0.164 e. The molecule has 0 saturated heterocycles. The highest BCUT2D eigenvalue weighted by Gasteiger charge is 2.24. The Morgan fingerprint density at radius 2 is 2.04 bits per heavy atom. The molecule has 3 aromatic rings. The topological polar surface area (TPSA) is 95.8 Å². The van der Waals surface area contributed by atoms with Crippen molar-refractivity contribution in [1.29, 1.82) is 5.41 Å². The third kappa shape index (κ3) is 4.09. The second-order valence-electron chi connectivity index (χ2n) is 6.67. The summed E-state index contributed by atoms with van der Waals surface area (Å²) in [5.41, 5.74) is 2.55. The van der Waals surface area contributed by atoms with Crippen molar-refractivity contribution in [3.05, 3.63) is 59.9 Å². The van der Waals surface area contributed by atoms with Crippen LogP contribution in [0.2, 0.25) is 0 Å². The lowest BCUT2D eigenvalue weighted by molar-refractivity contribution is 0.415. The van der Waals surface area contributed by atoms with Gasteiger partial charge in [0.05, 0.1) is 12.7 Å². The minimum Gasteiger partial charge on any atom is -0.497 e. The highest BCUT2D eigenvalue weighted by Crippen LogP contribution is 2.30. The molecule has 0 radical (unpaired) electrons. The molecule has 1 fully saturated rings. The predicted octanol–water partition coefficient (Wildman–Crippen LogP) is 3.73. The number of nitrogens with one attached hydrogen (secondary N) is 3. The van der Waals surface area contributed by atoms with Gasteiger partial charge in [0.25, 0.3) is 0 Å². The molecular weight excluding hydrogens is 352 g/mol. The zero-order valence-electron chi connectivity index (χ0n) is 15.6.